The first kappa shape index (κ1) is 16.0. The van der Waals surface area contributed by atoms with Gasteiger partial charge in [0.15, 0.2) is 5.16 Å². The maximum atomic E-state index is 11.9. The Morgan fingerprint density at radius 2 is 1.79 bits per heavy atom. The molecule has 0 saturated heterocycles. The Labute approximate surface area is 119 Å². The number of esters is 1. The van der Waals surface area contributed by atoms with Gasteiger partial charge >= 0.3 is 5.97 Å². The van der Waals surface area contributed by atoms with Gasteiger partial charge in [-0.15, -0.1) is 0 Å². The van der Waals surface area contributed by atoms with Crippen molar-refractivity contribution in [2.75, 3.05) is 6.61 Å². The second-order valence-corrected chi connectivity index (χ2v) is 5.62. The molecule has 1 aromatic rings. The third-order valence-corrected chi connectivity index (χ3v) is 4.07. The SMILES string of the molecule is CCCC(Sc1nc(C)c(C)c(C)n1)C(=O)OCC. The summed E-state index contributed by atoms with van der Waals surface area (Å²) >= 11 is 1.40. The lowest BCUT2D eigenvalue weighted by molar-refractivity contribution is -0.142. The van der Waals surface area contributed by atoms with Crippen molar-refractivity contribution in [2.45, 2.75) is 57.9 Å². The molecule has 0 N–H and O–H groups in total. The van der Waals surface area contributed by atoms with E-state index < -0.39 is 0 Å². The first-order valence-corrected chi connectivity index (χ1v) is 7.52. The van der Waals surface area contributed by atoms with E-state index in [0.29, 0.717) is 11.8 Å². The Morgan fingerprint density at radius 3 is 2.26 bits per heavy atom. The lowest BCUT2D eigenvalue weighted by atomic mass is 10.2. The summed E-state index contributed by atoms with van der Waals surface area (Å²) in [4.78, 5) is 20.8. The lowest BCUT2D eigenvalue weighted by Gasteiger charge is -2.14. The molecular weight excluding hydrogens is 260 g/mol. The van der Waals surface area contributed by atoms with Crippen LogP contribution in [0.4, 0.5) is 0 Å². The maximum Gasteiger partial charge on any atom is 0.319 e. The average molecular weight is 282 g/mol. The molecule has 5 heteroatoms. The molecule has 19 heavy (non-hydrogen) atoms. The second-order valence-electron chi connectivity index (χ2n) is 4.45. The highest BCUT2D eigenvalue weighted by atomic mass is 32.2. The summed E-state index contributed by atoms with van der Waals surface area (Å²) in [5, 5.41) is 0.443. The fourth-order valence-corrected chi connectivity index (χ4v) is 2.80. The van der Waals surface area contributed by atoms with Gasteiger partial charge in [0.1, 0.15) is 5.25 Å². The summed E-state index contributed by atoms with van der Waals surface area (Å²) in [6.07, 6.45) is 1.71. The largest absolute Gasteiger partial charge is 0.465 e. The van der Waals surface area contributed by atoms with Crippen molar-refractivity contribution in [3.63, 3.8) is 0 Å². The number of hydrogen-bond donors (Lipinski definition) is 0. The van der Waals surface area contributed by atoms with Crippen LogP contribution in [0, 0.1) is 20.8 Å². The van der Waals surface area contributed by atoms with Gasteiger partial charge in [-0.05, 0) is 39.7 Å². The summed E-state index contributed by atoms with van der Waals surface area (Å²) in [5.74, 6) is -0.172. The molecule has 1 unspecified atom stereocenters. The predicted octanol–water partition coefficient (Wildman–Crippen LogP) is 3.23. The third kappa shape index (κ3) is 4.49. The predicted molar refractivity (Wildman–Crippen MR) is 77.4 cm³/mol. The number of hydrogen-bond acceptors (Lipinski definition) is 5. The molecule has 1 heterocycles. The van der Waals surface area contributed by atoms with Crippen LogP contribution in [0.25, 0.3) is 0 Å². The van der Waals surface area contributed by atoms with Gasteiger partial charge in [-0.1, -0.05) is 25.1 Å². The van der Waals surface area contributed by atoms with Crippen LogP contribution in [0.2, 0.25) is 0 Å². The van der Waals surface area contributed by atoms with E-state index in [1.807, 2.05) is 27.7 Å². The lowest BCUT2D eigenvalue weighted by Crippen LogP contribution is -2.20. The van der Waals surface area contributed by atoms with E-state index in [1.165, 1.54) is 11.8 Å². The van der Waals surface area contributed by atoms with Crippen LogP contribution in [-0.4, -0.2) is 27.8 Å². The quantitative estimate of drug-likeness (QED) is 0.455. The molecule has 1 rings (SSSR count). The molecule has 4 nitrogen and oxygen atoms in total. The van der Waals surface area contributed by atoms with Crippen LogP contribution in [0.15, 0.2) is 5.16 Å². The molecule has 0 amide bonds. The van der Waals surface area contributed by atoms with Crippen molar-refractivity contribution < 1.29 is 9.53 Å². The molecule has 0 fully saturated rings. The molecule has 0 bridgehead atoms. The molecule has 0 aromatic carbocycles. The number of aryl methyl sites for hydroxylation is 2. The normalized spacial score (nSPS) is 12.3. The number of thioether (sulfide) groups is 1. The summed E-state index contributed by atoms with van der Waals surface area (Å²) in [6, 6.07) is 0. The van der Waals surface area contributed by atoms with Crippen LogP contribution >= 0.6 is 11.8 Å². The second kappa shape index (κ2) is 7.48. The Balaban J connectivity index is 2.87. The molecule has 0 aliphatic rings. The van der Waals surface area contributed by atoms with E-state index in [4.69, 9.17) is 4.74 Å². The Morgan fingerprint density at radius 1 is 1.21 bits per heavy atom. The minimum atomic E-state index is -0.216. The van der Waals surface area contributed by atoms with Crippen LogP contribution < -0.4 is 0 Å². The summed E-state index contributed by atoms with van der Waals surface area (Å²) in [7, 11) is 0. The van der Waals surface area contributed by atoms with Gasteiger partial charge in [0.05, 0.1) is 6.61 Å². The minimum Gasteiger partial charge on any atom is -0.465 e. The highest BCUT2D eigenvalue weighted by Crippen LogP contribution is 2.25. The molecule has 0 spiro atoms. The monoisotopic (exact) mass is 282 g/mol. The van der Waals surface area contributed by atoms with E-state index in [9.17, 15) is 4.79 Å². The zero-order valence-corrected chi connectivity index (χ0v) is 13.1. The molecule has 0 aliphatic carbocycles. The van der Waals surface area contributed by atoms with Crippen molar-refractivity contribution in [2.24, 2.45) is 0 Å². The van der Waals surface area contributed by atoms with E-state index >= 15 is 0 Å². The highest BCUT2D eigenvalue weighted by Gasteiger charge is 2.22. The number of carbonyl (C=O) groups excluding carboxylic acids is 1. The summed E-state index contributed by atoms with van der Waals surface area (Å²) in [6.45, 7) is 10.2. The number of nitrogens with zero attached hydrogens (tertiary/aromatic N) is 2. The van der Waals surface area contributed by atoms with Crippen molar-refractivity contribution in [3.8, 4) is 0 Å². The smallest absolute Gasteiger partial charge is 0.319 e. The van der Waals surface area contributed by atoms with Crippen molar-refractivity contribution >= 4 is 17.7 Å². The third-order valence-electron chi connectivity index (χ3n) is 2.96. The average Bonchev–Trinajstić information content (AvgIpc) is 2.35. The zero-order chi connectivity index (χ0) is 14.4. The minimum absolute atomic E-state index is 0.172. The van der Waals surface area contributed by atoms with Crippen LogP contribution in [0.3, 0.4) is 0 Å². The maximum absolute atomic E-state index is 11.9. The first-order valence-electron chi connectivity index (χ1n) is 6.64. The molecule has 1 aromatic heterocycles. The van der Waals surface area contributed by atoms with Crippen molar-refractivity contribution in [3.05, 3.63) is 17.0 Å². The Hall–Kier alpha value is -1.10. The van der Waals surface area contributed by atoms with Gasteiger partial charge in [0.25, 0.3) is 0 Å². The number of aromatic nitrogens is 2. The van der Waals surface area contributed by atoms with Gasteiger partial charge in [0, 0.05) is 11.4 Å². The Kier molecular flexibility index (Phi) is 6.28. The van der Waals surface area contributed by atoms with Crippen molar-refractivity contribution in [1.29, 1.82) is 0 Å². The van der Waals surface area contributed by atoms with Gasteiger partial charge in [-0.3, -0.25) is 4.79 Å². The molecular formula is C14H22N2O2S. The van der Waals surface area contributed by atoms with Gasteiger partial charge < -0.3 is 4.74 Å². The Bertz CT molecular complexity index is 426. The van der Waals surface area contributed by atoms with Gasteiger partial charge in [-0.2, -0.15) is 0 Å². The van der Waals surface area contributed by atoms with Gasteiger partial charge in [-0.25, -0.2) is 9.97 Å². The van der Waals surface area contributed by atoms with Gasteiger partial charge in [0.2, 0.25) is 0 Å². The fraction of sp³-hybridized carbons (Fsp3) is 0.643. The van der Waals surface area contributed by atoms with E-state index in [-0.39, 0.29) is 11.2 Å². The summed E-state index contributed by atoms with van der Waals surface area (Å²) < 4.78 is 5.10. The zero-order valence-electron chi connectivity index (χ0n) is 12.3. The number of ether oxygens (including phenoxy) is 1. The summed E-state index contributed by atoms with van der Waals surface area (Å²) in [5.41, 5.74) is 3.04. The number of rotatable bonds is 6. The van der Waals surface area contributed by atoms with E-state index in [1.54, 1.807) is 0 Å². The van der Waals surface area contributed by atoms with Crippen LogP contribution in [0.5, 0.6) is 0 Å². The van der Waals surface area contributed by atoms with E-state index in [0.717, 1.165) is 29.8 Å². The van der Waals surface area contributed by atoms with E-state index in [2.05, 4.69) is 16.9 Å². The number of carbonyl (C=O) groups is 1. The molecule has 0 saturated carbocycles. The molecule has 0 aliphatic heterocycles. The molecule has 106 valence electrons. The molecule has 0 radical (unpaired) electrons. The fourth-order valence-electron chi connectivity index (χ4n) is 1.64. The van der Waals surface area contributed by atoms with Crippen LogP contribution in [-0.2, 0) is 9.53 Å². The first-order chi connectivity index (χ1) is 8.99. The standard InChI is InChI=1S/C14H22N2O2S/c1-6-8-12(13(17)18-7-2)19-14-15-10(4)9(3)11(5)16-14/h12H,6-8H2,1-5H3. The van der Waals surface area contributed by atoms with Crippen molar-refractivity contribution in [1.82, 2.24) is 9.97 Å². The van der Waals surface area contributed by atoms with Crippen LogP contribution in [0.1, 0.15) is 43.6 Å². The molecule has 1 atom stereocenters. The topological polar surface area (TPSA) is 52.1 Å². The highest BCUT2D eigenvalue weighted by molar-refractivity contribution is 8.00.